The Labute approximate surface area is 125 Å². The number of aromatic nitrogens is 2. The number of Topliss-reactive ketones (excluding diaryl/α,β-unsaturated/α-hetero) is 1. The summed E-state index contributed by atoms with van der Waals surface area (Å²) in [5.41, 5.74) is -2.39. The average Bonchev–Trinajstić information content (AvgIpc) is 2.84. The summed E-state index contributed by atoms with van der Waals surface area (Å²) in [6.07, 6.45) is -2.61. The minimum Gasteiger partial charge on any atom is -0.481 e. The van der Waals surface area contributed by atoms with Gasteiger partial charge in [-0.3, -0.25) is 14.3 Å². The minimum atomic E-state index is -4.68. The van der Waals surface area contributed by atoms with Crippen molar-refractivity contribution in [1.82, 2.24) is 9.78 Å². The van der Waals surface area contributed by atoms with E-state index < -0.39 is 40.6 Å². The van der Waals surface area contributed by atoms with Gasteiger partial charge < -0.3 is 5.11 Å². The van der Waals surface area contributed by atoms with Crippen molar-refractivity contribution in [1.29, 1.82) is 0 Å². The first-order chi connectivity index (χ1) is 10.1. The van der Waals surface area contributed by atoms with E-state index in [9.17, 15) is 22.8 Å². The van der Waals surface area contributed by atoms with Gasteiger partial charge in [-0.05, 0) is 39.5 Å². The van der Waals surface area contributed by atoms with Crippen LogP contribution in [0.25, 0.3) is 0 Å². The predicted octanol–water partition coefficient (Wildman–Crippen LogP) is 3.31. The zero-order valence-electron chi connectivity index (χ0n) is 12.3. The van der Waals surface area contributed by atoms with Crippen LogP contribution in [0.2, 0.25) is 0 Å². The van der Waals surface area contributed by atoms with Gasteiger partial charge in [0.25, 0.3) is 0 Å². The highest BCUT2D eigenvalue weighted by Crippen LogP contribution is 2.43. The molecule has 1 heterocycles. The summed E-state index contributed by atoms with van der Waals surface area (Å²) in [5, 5.41) is 12.9. The van der Waals surface area contributed by atoms with E-state index in [1.54, 1.807) is 6.92 Å². The standard InChI is InChI=1S/C14H17F3N2O3/c1-8(20)10-7-18-19(11(10)14(15,16)17)9-3-5-13(2,6-4-9)12(21)22/h7,9H,3-6H2,1-2H3,(H,21,22)/t9-,13-. The molecule has 1 aromatic rings. The number of carbonyl (C=O) groups is 2. The normalized spacial score (nSPS) is 26.0. The molecule has 1 saturated carbocycles. The first kappa shape index (κ1) is 16.5. The second kappa shape index (κ2) is 5.40. The summed E-state index contributed by atoms with van der Waals surface area (Å²) in [6.45, 7) is 2.67. The third-order valence-corrected chi connectivity index (χ3v) is 4.36. The first-order valence-electron chi connectivity index (χ1n) is 6.95. The van der Waals surface area contributed by atoms with E-state index in [2.05, 4.69) is 5.10 Å². The largest absolute Gasteiger partial charge is 0.481 e. The van der Waals surface area contributed by atoms with Gasteiger partial charge in [0.1, 0.15) is 0 Å². The molecule has 22 heavy (non-hydrogen) atoms. The molecule has 1 fully saturated rings. The van der Waals surface area contributed by atoms with Gasteiger partial charge in [-0.25, -0.2) is 0 Å². The van der Waals surface area contributed by atoms with Crippen LogP contribution < -0.4 is 0 Å². The average molecular weight is 318 g/mol. The molecule has 0 aromatic carbocycles. The van der Waals surface area contributed by atoms with Gasteiger partial charge in [-0.2, -0.15) is 18.3 Å². The molecule has 0 spiro atoms. The molecule has 0 saturated heterocycles. The molecule has 1 aliphatic rings. The molecule has 0 bridgehead atoms. The Bertz CT molecular complexity index is 599. The fourth-order valence-corrected chi connectivity index (χ4v) is 2.88. The van der Waals surface area contributed by atoms with Crippen molar-refractivity contribution in [2.45, 2.75) is 51.7 Å². The third-order valence-electron chi connectivity index (χ3n) is 4.36. The van der Waals surface area contributed by atoms with Crippen LogP contribution in [0.5, 0.6) is 0 Å². The number of hydrogen-bond acceptors (Lipinski definition) is 3. The molecule has 0 unspecified atom stereocenters. The summed E-state index contributed by atoms with van der Waals surface area (Å²) < 4.78 is 40.5. The quantitative estimate of drug-likeness (QED) is 0.868. The molecule has 5 nitrogen and oxygen atoms in total. The topological polar surface area (TPSA) is 72.2 Å². The van der Waals surface area contributed by atoms with Crippen LogP contribution in [0.15, 0.2) is 6.20 Å². The lowest BCUT2D eigenvalue weighted by Crippen LogP contribution is -2.34. The third kappa shape index (κ3) is 2.86. The van der Waals surface area contributed by atoms with Crippen molar-refractivity contribution in [3.05, 3.63) is 17.5 Å². The monoisotopic (exact) mass is 318 g/mol. The van der Waals surface area contributed by atoms with Crippen molar-refractivity contribution in [3.63, 3.8) is 0 Å². The molecule has 0 aliphatic heterocycles. The maximum atomic E-state index is 13.2. The molecule has 0 amide bonds. The molecular weight excluding hydrogens is 301 g/mol. The smallest absolute Gasteiger partial charge is 0.433 e. The predicted molar refractivity (Wildman–Crippen MR) is 70.5 cm³/mol. The zero-order valence-corrected chi connectivity index (χ0v) is 12.3. The Balaban J connectivity index is 2.32. The number of carboxylic acids is 1. The summed E-state index contributed by atoms with van der Waals surface area (Å²) in [7, 11) is 0. The van der Waals surface area contributed by atoms with E-state index >= 15 is 0 Å². The van der Waals surface area contributed by atoms with Crippen LogP contribution in [-0.4, -0.2) is 26.6 Å². The number of alkyl halides is 3. The Morgan fingerprint density at radius 1 is 1.36 bits per heavy atom. The van der Waals surface area contributed by atoms with Crippen molar-refractivity contribution in [3.8, 4) is 0 Å². The van der Waals surface area contributed by atoms with E-state index in [0.717, 1.165) is 17.8 Å². The van der Waals surface area contributed by atoms with Crippen molar-refractivity contribution >= 4 is 11.8 Å². The number of aliphatic carboxylic acids is 1. The number of rotatable bonds is 3. The first-order valence-corrected chi connectivity index (χ1v) is 6.95. The summed E-state index contributed by atoms with van der Waals surface area (Å²) >= 11 is 0. The Kier molecular flexibility index (Phi) is 4.06. The Hall–Kier alpha value is -1.86. The highest BCUT2D eigenvalue weighted by atomic mass is 19.4. The lowest BCUT2D eigenvalue weighted by atomic mass is 9.74. The van der Waals surface area contributed by atoms with E-state index in [1.807, 2.05) is 0 Å². The van der Waals surface area contributed by atoms with Gasteiger partial charge in [0.15, 0.2) is 11.5 Å². The van der Waals surface area contributed by atoms with Crippen LogP contribution >= 0.6 is 0 Å². The van der Waals surface area contributed by atoms with E-state index in [1.165, 1.54) is 0 Å². The number of carboxylic acid groups (broad SMARTS) is 1. The van der Waals surface area contributed by atoms with E-state index in [4.69, 9.17) is 5.11 Å². The SMILES string of the molecule is CC(=O)c1cnn([C@H]2CC[C@](C)(C(=O)O)CC2)c1C(F)(F)F. The molecule has 8 heteroatoms. The fraction of sp³-hybridized carbons (Fsp3) is 0.643. The van der Waals surface area contributed by atoms with E-state index in [-0.39, 0.29) is 25.7 Å². The second-order valence-corrected chi connectivity index (χ2v) is 6.00. The number of halogens is 3. The van der Waals surface area contributed by atoms with E-state index in [0.29, 0.717) is 0 Å². The maximum absolute atomic E-state index is 13.2. The minimum absolute atomic E-state index is 0.277. The van der Waals surface area contributed by atoms with Crippen molar-refractivity contribution in [2.75, 3.05) is 0 Å². The van der Waals surface area contributed by atoms with Gasteiger partial charge in [0.05, 0.1) is 23.2 Å². The van der Waals surface area contributed by atoms with Gasteiger partial charge in [-0.1, -0.05) is 0 Å². The van der Waals surface area contributed by atoms with Crippen molar-refractivity contribution in [2.24, 2.45) is 5.41 Å². The van der Waals surface area contributed by atoms with Crippen LogP contribution in [-0.2, 0) is 11.0 Å². The molecule has 1 N–H and O–H groups in total. The van der Waals surface area contributed by atoms with Crippen LogP contribution in [0.3, 0.4) is 0 Å². The molecule has 0 atom stereocenters. The maximum Gasteiger partial charge on any atom is 0.433 e. The van der Waals surface area contributed by atoms with Crippen molar-refractivity contribution < 1.29 is 27.9 Å². The van der Waals surface area contributed by atoms with Gasteiger partial charge in [-0.15, -0.1) is 0 Å². The van der Waals surface area contributed by atoms with Crippen LogP contribution in [0, 0.1) is 5.41 Å². The lowest BCUT2D eigenvalue weighted by Gasteiger charge is -2.34. The fourth-order valence-electron chi connectivity index (χ4n) is 2.88. The molecule has 0 radical (unpaired) electrons. The molecular formula is C14H17F3N2O3. The molecule has 1 aliphatic carbocycles. The number of nitrogens with zero attached hydrogens (tertiary/aromatic N) is 2. The number of ketones is 1. The van der Waals surface area contributed by atoms with Crippen LogP contribution in [0.4, 0.5) is 13.2 Å². The number of hydrogen-bond donors (Lipinski definition) is 1. The second-order valence-electron chi connectivity index (χ2n) is 6.00. The highest BCUT2D eigenvalue weighted by molar-refractivity contribution is 5.95. The molecule has 122 valence electrons. The van der Waals surface area contributed by atoms with Gasteiger partial charge in [0, 0.05) is 0 Å². The van der Waals surface area contributed by atoms with Gasteiger partial charge in [0.2, 0.25) is 0 Å². The molecule has 1 aromatic heterocycles. The summed E-state index contributed by atoms with van der Waals surface area (Å²) in [4.78, 5) is 22.6. The molecule has 2 rings (SSSR count). The zero-order chi connectivity index (χ0) is 16.7. The van der Waals surface area contributed by atoms with Gasteiger partial charge >= 0.3 is 12.1 Å². The lowest BCUT2D eigenvalue weighted by molar-refractivity contribution is -0.152. The Morgan fingerprint density at radius 2 is 1.91 bits per heavy atom. The number of carbonyl (C=O) groups excluding carboxylic acids is 1. The van der Waals surface area contributed by atoms with Crippen LogP contribution in [0.1, 0.15) is 61.6 Å². The summed E-state index contributed by atoms with van der Waals surface area (Å²) in [6, 6.07) is -0.544. The Morgan fingerprint density at radius 3 is 2.32 bits per heavy atom. The summed E-state index contributed by atoms with van der Waals surface area (Å²) in [5.74, 6) is -1.63. The highest BCUT2D eigenvalue weighted by Gasteiger charge is 2.43.